The highest BCUT2D eigenvalue weighted by atomic mass is 15.4. The highest BCUT2D eigenvalue weighted by Crippen LogP contribution is 2.33. The molecule has 3 heteroatoms. The van der Waals surface area contributed by atoms with Gasteiger partial charge in [0.25, 0.3) is 0 Å². The minimum Gasteiger partial charge on any atom is -0.348 e. The summed E-state index contributed by atoms with van der Waals surface area (Å²) in [4.78, 5) is 7.94. The SMILES string of the molecule is C1=CN2CC3N(CCC4CCCN43)CC2=CC1. The molecule has 0 radical (unpaired) electrons. The van der Waals surface area contributed by atoms with E-state index in [1.165, 1.54) is 44.6 Å². The van der Waals surface area contributed by atoms with Crippen LogP contribution in [0.5, 0.6) is 0 Å². The van der Waals surface area contributed by atoms with Crippen molar-refractivity contribution >= 4 is 0 Å². The van der Waals surface area contributed by atoms with Gasteiger partial charge in [-0.25, -0.2) is 0 Å². The standard InChI is InChI=1S/C14H21N3/c1-2-7-15-11-14-16(10-13(15)4-1)9-6-12-5-3-8-17(12)14/h2,4,7,12,14H,1,3,5-6,8-11H2. The van der Waals surface area contributed by atoms with Crippen molar-refractivity contribution in [2.24, 2.45) is 0 Å². The molecule has 0 bridgehead atoms. The van der Waals surface area contributed by atoms with E-state index in [1.807, 2.05) is 0 Å². The van der Waals surface area contributed by atoms with Gasteiger partial charge >= 0.3 is 0 Å². The molecule has 2 unspecified atom stereocenters. The number of hydrogen-bond donors (Lipinski definition) is 0. The Bertz CT molecular complexity index is 374. The van der Waals surface area contributed by atoms with Crippen LogP contribution in [0.4, 0.5) is 0 Å². The zero-order chi connectivity index (χ0) is 11.2. The average molecular weight is 231 g/mol. The second-order valence-electron chi connectivity index (χ2n) is 5.74. The van der Waals surface area contributed by atoms with Crippen LogP contribution in [0.15, 0.2) is 24.0 Å². The lowest BCUT2D eigenvalue weighted by Crippen LogP contribution is -2.63. The molecule has 0 amide bonds. The molecule has 0 saturated carbocycles. The zero-order valence-corrected chi connectivity index (χ0v) is 10.4. The fourth-order valence-corrected chi connectivity index (χ4v) is 3.96. The van der Waals surface area contributed by atoms with Crippen molar-refractivity contribution in [3.05, 3.63) is 24.0 Å². The van der Waals surface area contributed by atoms with E-state index in [-0.39, 0.29) is 0 Å². The molecule has 0 aromatic rings. The summed E-state index contributed by atoms with van der Waals surface area (Å²) in [6.45, 7) is 4.97. The highest BCUT2D eigenvalue weighted by molar-refractivity contribution is 5.18. The van der Waals surface area contributed by atoms with Gasteiger partial charge in [0.05, 0.1) is 12.7 Å². The van der Waals surface area contributed by atoms with Crippen LogP contribution >= 0.6 is 0 Å². The highest BCUT2D eigenvalue weighted by Gasteiger charge is 2.41. The van der Waals surface area contributed by atoms with Crippen molar-refractivity contribution < 1.29 is 0 Å². The van der Waals surface area contributed by atoms with Gasteiger partial charge in [-0.15, -0.1) is 0 Å². The summed E-state index contributed by atoms with van der Waals surface area (Å²) < 4.78 is 0. The number of hydrogen-bond acceptors (Lipinski definition) is 3. The Morgan fingerprint density at radius 2 is 2.18 bits per heavy atom. The molecule has 92 valence electrons. The lowest BCUT2D eigenvalue weighted by atomic mass is 10.0. The fraction of sp³-hybridized carbons (Fsp3) is 0.714. The van der Waals surface area contributed by atoms with Crippen molar-refractivity contribution in [3.63, 3.8) is 0 Å². The molecule has 3 saturated heterocycles. The summed E-state index contributed by atoms with van der Waals surface area (Å²) >= 11 is 0. The summed E-state index contributed by atoms with van der Waals surface area (Å²) in [6, 6.07) is 0.885. The quantitative estimate of drug-likeness (QED) is 0.627. The maximum Gasteiger partial charge on any atom is 0.0813 e. The Kier molecular flexibility index (Phi) is 2.30. The summed E-state index contributed by atoms with van der Waals surface area (Å²) in [7, 11) is 0. The van der Waals surface area contributed by atoms with Gasteiger partial charge in [0.2, 0.25) is 0 Å². The first-order chi connectivity index (χ1) is 8.42. The number of allylic oxidation sites excluding steroid dienone is 2. The van der Waals surface area contributed by atoms with E-state index in [9.17, 15) is 0 Å². The average Bonchev–Trinajstić information content (AvgIpc) is 2.85. The Balaban J connectivity index is 1.59. The normalized spacial score (nSPS) is 37.4. The molecule has 17 heavy (non-hydrogen) atoms. The van der Waals surface area contributed by atoms with E-state index in [2.05, 4.69) is 33.1 Å². The van der Waals surface area contributed by atoms with Gasteiger partial charge in [0, 0.05) is 37.6 Å². The predicted octanol–water partition coefficient (Wildman–Crippen LogP) is 1.60. The zero-order valence-electron chi connectivity index (χ0n) is 10.4. The van der Waals surface area contributed by atoms with E-state index < -0.39 is 0 Å². The van der Waals surface area contributed by atoms with Gasteiger partial charge < -0.3 is 4.90 Å². The van der Waals surface area contributed by atoms with Gasteiger partial charge in [0.1, 0.15) is 0 Å². The van der Waals surface area contributed by atoms with Crippen LogP contribution in [-0.2, 0) is 0 Å². The van der Waals surface area contributed by atoms with E-state index in [4.69, 9.17) is 0 Å². The van der Waals surface area contributed by atoms with Crippen molar-refractivity contribution in [1.82, 2.24) is 14.7 Å². The van der Waals surface area contributed by atoms with E-state index in [0.717, 1.165) is 19.0 Å². The molecule has 0 aromatic heterocycles. The fourth-order valence-electron chi connectivity index (χ4n) is 3.96. The van der Waals surface area contributed by atoms with Gasteiger partial charge in [-0.05, 0) is 25.7 Å². The third kappa shape index (κ3) is 1.56. The number of piperazine rings is 1. The third-order valence-electron chi connectivity index (χ3n) is 4.85. The van der Waals surface area contributed by atoms with Crippen LogP contribution < -0.4 is 0 Å². The van der Waals surface area contributed by atoms with Crippen LogP contribution in [0.25, 0.3) is 0 Å². The maximum absolute atomic E-state index is 2.77. The van der Waals surface area contributed by atoms with Crippen LogP contribution in [0.1, 0.15) is 25.7 Å². The van der Waals surface area contributed by atoms with Crippen molar-refractivity contribution in [2.75, 3.05) is 26.2 Å². The van der Waals surface area contributed by atoms with Crippen LogP contribution in [-0.4, -0.2) is 53.1 Å². The molecule has 0 spiro atoms. The van der Waals surface area contributed by atoms with Gasteiger partial charge in [-0.1, -0.05) is 12.2 Å². The van der Waals surface area contributed by atoms with Crippen LogP contribution in [0.3, 0.4) is 0 Å². The molecule has 0 aliphatic carbocycles. The molecule has 0 aromatic carbocycles. The lowest BCUT2D eigenvalue weighted by molar-refractivity contribution is -0.0374. The van der Waals surface area contributed by atoms with Crippen LogP contribution in [0, 0.1) is 0 Å². The number of fused-ring (bicyclic) bond motifs is 4. The summed E-state index contributed by atoms with van der Waals surface area (Å²) in [5.74, 6) is 0. The first-order valence-electron chi connectivity index (χ1n) is 7.04. The number of nitrogens with zero attached hydrogens (tertiary/aromatic N) is 3. The summed E-state index contributed by atoms with van der Waals surface area (Å²) in [6.07, 6.45) is 13.0. The molecule has 3 fully saturated rings. The first kappa shape index (κ1) is 10.2. The smallest absolute Gasteiger partial charge is 0.0813 e. The van der Waals surface area contributed by atoms with Crippen molar-refractivity contribution in [3.8, 4) is 0 Å². The monoisotopic (exact) mass is 231 g/mol. The van der Waals surface area contributed by atoms with Gasteiger partial charge in [0.15, 0.2) is 0 Å². The molecular weight excluding hydrogens is 210 g/mol. The van der Waals surface area contributed by atoms with E-state index in [0.29, 0.717) is 6.17 Å². The predicted molar refractivity (Wildman–Crippen MR) is 68.3 cm³/mol. The Morgan fingerprint density at radius 3 is 3.18 bits per heavy atom. The summed E-state index contributed by atoms with van der Waals surface area (Å²) in [5.41, 5.74) is 1.53. The largest absolute Gasteiger partial charge is 0.348 e. The Hall–Kier alpha value is -0.800. The molecule has 3 nitrogen and oxygen atoms in total. The maximum atomic E-state index is 2.77. The first-order valence-corrected chi connectivity index (χ1v) is 7.04. The second kappa shape index (κ2) is 3.85. The molecule has 4 aliphatic heterocycles. The molecule has 4 rings (SSSR count). The van der Waals surface area contributed by atoms with Gasteiger partial charge in [-0.2, -0.15) is 0 Å². The van der Waals surface area contributed by atoms with Crippen molar-refractivity contribution in [2.45, 2.75) is 37.9 Å². The topological polar surface area (TPSA) is 9.72 Å². The molecule has 0 N–H and O–H groups in total. The third-order valence-corrected chi connectivity index (χ3v) is 4.85. The van der Waals surface area contributed by atoms with E-state index in [1.54, 1.807) is 0 Å². The van der Waals surface area contributed by atoms with Gasteiger partial charge in [-0.3, -0.25) is 9.80 Å². The Morgan fingerprint density at radius 1 is 1.18 bits per heavy atom. The van der Waals surface area contributed by atoms with Crippen molar-refractivity contribution in [1.29, 1.82) is 0 Å². The molecule has 4 aliphatic rings. The van der Waals surface area contributed by atoms with E-state index >= 15 is 0 Å². The van der Waals surface area contributed by atoms with Crippen LogP contribution in [0.2, 0.25) is 0 Å². The minimum atomic E-state index is 0.677. The minimum absolute atomic E-state index is 0.677. The molecule has 2 atom stereocenters. The molecular formula is C14H21N3. The number of rotatable bonds is 0. The second-order valence-corrected chi connectivity index (χ2v) is 5.74. The molecule has 4 heterocycles. The summed E-state index contributed by atoms with van der Waals surface area (Å²) in [5, 5.41) is 0. The lowest BCUT2D eigenvalue weighted by Gasteiger charge is -2.51. The Labute approximate surface area is 103 Å².